The molecule has 4 heterocycles. The molecule has 0 amide bonds. The van der Waals surface area contributed by atoms with Gasteiger partial charge in [-0.2, -0.15) is 0 Å². The van der Waals surface area contributed by atoms with E-state index in [1.54, 1.807) is 0 Å². The molecule has 0 saturated carbocycles. The van der Waals surface area contributed by atoms with E-state index in [-0.39, 0.29) is 32.2 Å². The molecule has 0 radical (unpaired) electrons. The Hall–Kier alpha value is -2.60. The smallest absolute Gasteiger partial charge is 0.253 e. The minimum Gasteiger partial charge on any atom is -0.454 e. The van der Waals surface area contributed by atoms with Crippen LogP contribution in [0, 0.1) is 0 Å². The average molecular weight is 472 g/mol. The molecule has 0 aliphatic carbocycles. The molecule has 4 aliphatic heterocycles. The Morgan fingerprint density at radius 3 is 2.21 bits per heavy atom. The van der Waals surface area contributed by atoms with Gasteiger partial charge in [0.2, 0.25) is 6.79 Å². The molecule has 2 aromatic carbocycles. The fourth-order valence-corrected chi connectivity index (χ4v) is 5.04. The zero-order chi connectivity index (χ0) is 23.2. The van der Waals surface area contributed by atoms with Gasteiger partial charge in [-0.05, 0) is 30.3 Å². The Labute approximate surface area is 196 Å². The quantitative estimate of drug-likeness (QED) is 0.489. The number of aliphatic hydroxyl groups is 2. The standard InChI is InChI=1S/C24H28N2O8/c1-25-6-18-22-13(15(28)9-29-18)3-5-17-24(22)34-20(33-17)8-26-7-19-21-12(14(27)10-30-19)2-4-16-23(21)32-11-31-16/h2-5,14-15,18-20,25-28H,6-11H2,1H3/t14-,15+,18+,19-,20?/m0/s1. The highest BCUT2D eigenvalue weighted by Gasteiger charge is 2.37. The molecule has 0 saturated heterocycles. The molecule has 0 fully saturated rings. The minimum atomic E-state index is -0.703. The molecule has 2 aromatic rings. The van der Waals surface area contributed by atoms with Crippen molar-refractivity contribution in [2.75, 3.05) is 46.7 Å². The molecule has 5 atom stereocenters. The topological polar surface area (TPSA) is 120 Å². The van der Waals surface area contributed by atoms with E-state index < -0.39 is 18.5 Å². The molecule has 6 rings (SSSR count). The van der Waals surface area contributed by atoms with Gasteiger partial charge >= 0.3 is 0 Å². The maximum atomic E-state index is 10.4. The summed E-state index contributed by atoms with van der Waals surface area (Å²) in [6, 6.07) is 7.40. The fraction of sp³-hybridized carbons (Fsp3) is 0.500. The van der Waals surface area contributed by atoms with Crippen molar-refractivity contribution >= 4 is 0 Å². The lowest BCUT2D eigenvalue weighted by molar-refractivity contribution is -0.0346. The first kappa shape index (κ1) is 21.9. The SMILES string of the molecule is CNC[C@H]1OC[C@@H](O)c2ccc3c(c21)OC(CNC[C@@H]1OC[C@H](O)c2ccc4c(c21)OCO4)O3. The van der Waals surface area contributed by atoms with Crippen LogP contribution in [0.3, 0.4) is 0 Å². The van der Waals surface area contributed by atoms with Crippen molar-refractivity contribution in [3.8, 4) is 23.0 Å². The van der Waals surface area contributed by atoms with Crippen LogP contribution < -0.4 is 29.6 Å². The summed E-state index contributed by atoms with van der Waals surface area (Å²) in [5.74, 6) is 2.54. The van der Waals surface area contributed by atoms with E-state index >= 15 is 0 Å². The van der Waals surface area contributed by atoms with Gasteiger partial charge in [-0.25, -0.2) is 0 Å². The summed E-state index contributed by atoms with van der Waals surface area (Å²) >= 11 is 0. The Bertz CT molecular complexity index is 1080. The summed E-state index contributed by atoms with van der Waals surface area (Å²) in [5, 5.41) is 27.2. The lowest BCUT2D eigenvalue weighted by Crippen LogP contribution is -2.37. The number of rotatable bonds is 6. The van der Waals surface area contributed by atoms with Gasteiger partial charge in [0.15, 0.2) is 23.0 Å². The van der Waals surface area contributed by atoms with Crippen LogP contribution >= 0.6 is 0 Å². The molecule has 182 valence electrons. The van der Waals surface area contributed by atoms with Gasteiger partial charge in [0.05, 0.1) is 32.0 Å². The van der Waals surface area contributed by atoms with Crippen molar-refractivity contribution < 1.29 is 38.6 Å². The Balaban J connectivity index is 1.15. The third-order valence-corrected chi connectivity index (χ3v) is 6.62. The van der Waals surface area contributed by atoms with Crippen LogP contribution in [-0.4, -0.2) is 63.2 Å². The maximum Gasteiger partial charge on any atom is 0.253 e. The number of likely N-dealkylation sites (N-methyl/N-ethyl adjacent to an activating group) is 1. The molecule has 10 heteroatoms. The number of hydrogen-bond donors (Lipinski definition) is 4. The third kappa shape index (κ3) is 3.67. The van der Waals surface area contributed by atoms with E-state index in [0.29, 0.717) is 42.6 Å². The molecular formula is C24H28N2O8. The van der Waals surface area contributed by atoms with Crippen molar-refractivity contribution in [1.29, 1.82) is 0 Å². The molecule has 0 bridgehead atoms. The van der Waals surface area contributed by atoms with Gasteiger partial charge < -0.3 is 49.3 Å². The monoisotopic (exact) mass is 472 g/mol. The third-order valence-electron chi connectivity index (χ3n) is 6.62. The second-order valence-corrected chi connectivity index (χ2v) is 8.75. The highest BCUT2D eigenvalue weighted by Crippen LogP contribution is 2.48. The summed E-state index contributed by atoms with van der Waals surface area (Å²) in [6.45, 7) is 2.10. The maximum absolute atomic E-state index is 10.4. The molecule has 34 heavy (non-hydrogen) atoms. The lowest BCUT2D eigenvalue weighted by atomic mass is 9.94. The van der Waals surface area contributed by atoms with Gasteiger partial charge in [0.25, 0.3) is 6.29 Å². The van der Waals surface area contributed by atoms with Gasteiger partial charge in [0, 0.05) is 24.2 Å². The first-order valence-corrected chi connectivity index (χ1v) is 11.5. The van der Waals surface area contributed by atoms with Crippen LogP contribution in [0.25, 0.3) is 0 Å². The highest BCUT2D eigenvalue weighted by atomic mass is 16.7. The minimum absolute atomic E-state index is 0.154. The zero-order valence-corrected chi connectivity index (χ0v) is 18.8. The number of benzene rings is 2. The molecule has 0 aromatic heterocycles. The van der Waals surface area contributed by atoms with Crippen LogP contribution in [0.5, 0.6) is 23.0 Å². The number of fused-ring (bicyclic) bond motifs is 6. The second-order valence-electron chi connectivity index (χ2n) is 8.75. The number of ether oxygens (including phenoxy) is 6. The molecule has 4 N–H and O–H groups in total. The molecule has 1 unspecified atom stereocenters. The largest absolute Gasteiger partial charge is 0.454 e. The van der Waals surface area contributed by atoms with E-state index in [9.17, 15) is 10.2 Å². The zero-order valence-electron chi connectivity index (χ0n) is 18.8. The molecule has 4 aliphatic rings. The summed E-state index contributed by atoms with van der Waals surface area (Å²) < 4.78 is 35.1. The number of aliphatic hydroxyl groups excluding tert-OH is 2. The highest BCUT2D eigenvalue weighted by molar-refractivity contribution is 5.56. The number of nitrogens with one attached hydrogen (secondary N) is 2. The Morgan fingerprint density at radius 2 is 1.47 bits per heavy atom. The van der Waals surface area contributed by atoms with E-state index in [4.69, 9.17) is 28.4 Å². The van der Waals surface area contributed by atoms with Gasteiger partial charge in [-0.15, -0.1) is 0 Å². The van der Waals surface area contributed by atoms with Crippen molar-refractivity contribution in [2.24, 2.45) is 0 Å². The number of hydrogen-bond acceptors (Lipinski definition) is 10. The molecule has 10 nitrogen and oxygen atoms in total. The fourth-order valence-electron chi connectivity index (χ4n) is 5.04. The predicted molar refractivity (Wildman–Crippen MR) is 118 cm³/mol. The van der Waals surface area contributed by atoms with E-state index in [2.05, 4.69) is 10.6 Å². The Morgan fingerprint density at radius 1 is 0.794 bits per heavy atom. The first-order valence-electron chi connectivity index (χ1n) is 11.5. The van der Waals surface area contributed by atoms with E-state index in [1.165, 1.54) is 0 Å². The van der Waals surface area contributed by atoms with Gasteiger partial charge in [-0.1, -0.05) is 12.1 Å². The summed E-state index contributed by atoms with van der Waals surface area (Å²) in [4.78, 5) is 0. The summed E-state index contributed by atoms with van der Waals surface area (Å²) in [5.41, 5.74) is 3.25. The van der Waals surface area contributed by atoms with Crippen LogP contribution in [-0.2, 0) is 9.47 Å². The van der Waals surface area contributed by atoms with Crippen LogP contribution in [0.2, 0.25) is 0 Å². The van der Waals surface area contributed by atoms with Crippen LogP contribution in [0.4, 0.5) is 0 Å². The molecule has 0 spiro atoms. The van der Waals surface area contributed by atoms with Gasteiger partial charge in [0.1, 0.15) is 12.2 Å². The van der Waals surface area contributed by atoms with Crippen LogP contribution in [0.15, 0.2) is 24.3 Å². The summed E-state index contributed by atoms with van der Waals surface area (Å²) in [7, 11) is 1.86. The first-order chi connectivity index (χ1) is 16.6. The molecular weight excluding hydrogens is 444 g/mol. The van der Waals surface area contributed by atoms with E-state index in [0.717, 1.165) is 22.3 Å². The van der Waals surface area contributed by atoms with Crippen molar-refractivity contribution in [2.45, 2.75) is 30.7 Å². The lowest BCUT2D eigenvalue weighted by Gasteiger charge is -2.30. The van der Waals surface area contributed by atoms with Crippen molar-refractivity contribution in [3.63, 3.8) is 0 Å². The Kier molecular flexibility index (Phi) is 5.72. The van der Waals surface area contributed by atoms with Crippen molar-refractivity contribution in [1.82, 2.24) is 10.6 Å². The summed E-state index contributed by atoms with van der Waals surface area (Å²) in [6.07, 6.45) is -2.47. The van der Waals surface area contributed by atoms with Crippen molar-refractivity contribution in [3.05, 3.63) is 46.5 Å². The van der Waals surface area contributed by atoms with E-state index in [1.807, 2.05) is 31.3 Å². The average Bonchev–Trinajstić information content (AvgIpc) is 3.49. The second kappa shape index (κ2) is 8.88. The van der Waals surface area contributed by atoms with Crippen LogP contribution in [0.1, 0.15) is 46.7 Å². The normalized spacial score (nSPS) is 28.5. The predicted octanol–water partition coefficient (Wildman–Crippen LogP) is 1.23. The van der Waals surface area contributed by atoms with Gasteiger partial charge in [-0.3, -0.25) is 0 Å².